The summed E-state index contributed by atoms with van der Waals surface area (Å²) >= 11 is 1.56. The first-order valence-corrected chi connectivity index (χ1v) is 14.8. The van der Waals surface area contributed by atoms with E-state index in [4.69, 9.17) is 10.7 Å². The van der Waals surface area contributed by atoms with Gasteiger partial charge in [-0.25, -0.2) is 22.8 Å². The van der Waals surface area contributed by atoms with Crippen molar-refractivity contribution in [3.05, 3.63) is 53.2 Å². The number of rotatable bonds is 7. The molecule has 11 heteroatoms. The van der Waals surface area contributed by atoms with Gasteiger partial charge in [-0.15, -0.1) is 11.3 Å². The molecule has 3 aromatic heterocycles. The summed E-state index contributed by atoms with van der Waals surface area (Å²) < 4.78 is 40.7. The predicted molar refractivity (Wildman–Crippen MR) is 145 cm³/mol. The number of aromatic nitrogens is 4. The minimum absolute atomic E-state index is 0.0165. The fourth-order valence-corrected chi connectivity index (χ4v) is 7.82. The molecule has 0 radical (unpaired) electrons. The summed E-state index contributed by atoms with van der Waals surface area (Å²) in [6, 6.07) is 5.96. The van der Waals surface area contributed by atoms with Gasteiger partial charge < -0.3 is 11.1 Å². The van der Waals surface area contributed by atoms with Crippen LogP contribution in [0.2, 0.25) is 0 Å². The molecule has 0 unspecified atom stereocenters. The number of nitrogens with two attached hydrogens (primary N) is 1. The number of halogens is 1. The number of aryl methyl sites for hydroxylation is 3. The van der Waals surface area contributed by atoms with Gasteiger partial charge >= 0.3 is 0 Å². The fraction of sp³-hybridized carbons (Fsp3) is 0.385. The van der Waals surface area contributed by atoms with Crippen LogP contribution >= 0.6 is 11.3 Å². The Kier molecular flexibility index (Phi) is 6.84. The number of pyridine rings is 1. The van der Waals surface area contributed by atoms with E-state index in [2.05, 4.69) is 27.2 Å². The van der Waals surface area contributed by atoms with Crippen LogP contribution in [0.15, 0.2) is 35.4 Å². The lowest BCUT2D eigenvalue weighted by molar-refractivity contribution is 0.555. The maximum Gasteiger partial charge on any atom is 0.222 e. The normalized spacial score (nSPS) is 17.9. The van der Waals surface area contributed by atoms with E-state index in [1.807, 2.05) is 13.0 Å². The maximum atomic E-state index is 13.6. The quantitative estimate of drug-likeness (QED) is 0.310. The summed E-state index contributed by atoms with van der Waals surface area (Å²) in [4.78, 5) is 18.4. The van der Waals surface area contributed by atoms with Gasteiger partial charge in [-0.1, -0.05) is 6.92 Å². The molecule has 5 rings (SSSR count). The third-order valence-corrected chi connectivity index (χ3v) is 9.79. The molecule has 1 fully saturated rings. The summed E-state index contributed by atoms with van der Waals surface area (Å²) in [5.41, 5.74) is 9.69. The number of nitrogens with zero attached hydrogens (tertiary/aromatic N) is 4. The molecule has 0 aliphatic heterocycles. The first-order chi connectivity index (χ1) is 17.6. The standard InChI is InChI=1S/C26H29FN6O2S2/c1-4-20-23-21(9-10-29-20)36-25(32-23)22-15(3)30-26(28)33-24(22)31-17-6-5-16(12-17)13-37(34,35)18-7-8-19(27)14(2)11-18/h7-11,16-17H,4-6,12-13H2,1-3H3,(H3,28,30,31,33)/t16-,17+/m1/s1. The van der Waals surface area contributed by atoms with Gasteiger partial charge in [-0.2, -0.15) is 4.98 Å². The lowest BCUT2D eigenvalue weighted by Crippen LogP contribution is -2.20. The van der Waals surface area contributed by atoms with Crippen LogP contribution < -0.4 is 11.1 Å². The van der Waals surface area contributed by atoms with Crippen molar-refractivity contribution in [3.8, 4) is 10.6 Å². The average Bonchev–Trinajstić information content (AvgIpc) is 3.46. The van der Waals surface area contributed by atoms with Crippen molar-refractivity contribution in [1.82, 2.24) is 19.9 Å². The van der Waals surface area contributed by atoms with Gasteiger partial charge in [0.1, 0.15) is 22.2 Å². The van der Waals surface area contributed by atoms with Crippen molar-refractivity contribution in [2.24, 2.45) is 5.92 Å². The Labute approximate surface area is 219 Å². The molecule has 3 N–H and O–H groups in total. The predicted octanol–water partition coefficient (Wildman–Crippen LogP) is 5.10. The molecule has 0 spiro atoms. The minimum Gasteiger partial charge on any atom is -0.368 e. The van der Waals surface area contributed by atoms with Gasteiger partial charge in [0.15, 0.2) is 9.84 Å². The number of hydrogen-bond donors (Lipinski definition) is 2. The number of thiazole rings is 1. The van der Waals surface area contributed by atoms with Crippen LogP contribution in [0.3, 0.4) is 0 Å². The molecular weight excluding hydrogens is 511 g/mol. The molecule has 1 aromatic carbocycles. The van der Waals surface area contributed by atoms with E-state index in [1.165, 1.54) is 18.2 Å². The molecule has 0 saturated heterocycles. The minimum atomic E-state index is -3.52. The van der Waals surface area contributed by atoms with Gasteiger partial charge in [0, 0.05) is 12.2 Å². The van der Waals surface area contributed by atoms with Crippen molar-refractivity contribution in [2.45, 2.75) is 57.4 Å². The second-order valence-corrected chi connectivity index (χ2v) is 12.6. The number of anilines is 2. The van der Waals surface area contributed by atoms with E-state index in [-0.39, 0.29) is 28.6 Å². The molecule has 1 saturated carbocycles. The highest BCUT2D eigenvalue weighted by Gasteiger charge is 2.31. The summed E-state index contributed by atoms with van der Waals surface area (Å²) in [6.07, 6.45) is 4.82. The number of benzene rings is 1. The summed E-state index contributed by atoms with van der Waals surface area (Å²) in [7, 11) is -3.52. The lowest BCUT2D eigenvalue weighted by Gasteiger charge is -2.17. The molecular formula is C26H29FN6O2S2. The third-order valence-electron chi connectivity index (χ3n) is 6.86. The van der Waals surface area contributed by atoms with Crippen molar-refractivity contribution >= 4 is 43.2 Å². The number of nitrogen functional groups attached to an aromatic ring is 1. The number of hydrogen-bond acceptors (Lipinski definition) is 9. The largest absolute Gasteiger partial charge is 0.368 e. The molecule has 0 amide bonds. The molecule has 2 atom stereocenters. The molecule has 4 aromatic rings. The Balaban J connectivity index is 1.37. The Morgan fingerprint density at radius 2 is 1.97 bits per heavy atom. The van der Waals surface area contributed by atoms with Crippen LogP contribution in [0.1, 0.15) is 43.1 Å². The number of sulfone groups is 1. The van der Waals surface area contributed by atoms with Crippen LogP contribution in [0, 0.1) is 25.6 Å². The monoisotopic (exact) mass is 540 g/mol. The highest BCUT2D eigenvalue weighted by molar-refractivity contribution is 7.91. The van der Waals surface area contributed by atoms with E-state index < -0.39 is 15.7 Å². The maximum absolute atomic E-state index is 13.6. The molecule has 3 heterocycles. The lowest BCUT2D eigenvalue weighted by atomic mass is 10.1. The zero-order valence-electron chi connectivity index (χ0n) is 21.0. The van der Waals surface area contributed by atoms with Crippen LogP contribution in [-0.2, 0) is 16.3 Å². The SMILES string of the molecule is CCc1nccc2sc(-c3c(C)nc(N)nc3N[C@H]3CC[C@@H](CS(=O)(=O)c4ccc(F)c(C)c4)C3)nc12. The van der Waals surface area contributed by atoms with Gasteiger partial charge in [-0.3, -0.25) is 4.98 Å². The summed E-state index contributed by atoms with van der Waals surface area (Å²) in [5.74, 6) is 0.382. The first kappa shape index (κ1) is 25.5. The zero-order chi connectivity index (χ0) is 26.3. The van der Waals surface area contributed by atoms with Gasteiger partial charge in [-0.05, 0) is 75.3 Å². The van der Waals surface area contributed by atoms with Gasteiger partial charge in [0.05, 0.1) is 32.3 Å². The van der Waals surface area contributed by atoms with E-state index in [9.17, 15) is 12.8 Å². The summed E-state index contributed by atoms with van der Waals surface area (Å²) in [6.45, 7) is 5.51. The number of fused-ring (bicyclic) bond motifs is 1. The van der Waals surface area contributed by atoms with E-state index in [1.54, 1.807) is 24.5 Å². The zero-order valence-corrected chi connectivity index (χ0v) is 22.6. The highest BCUT2D eigenvalue weighted by atomic mass is 32.2. The third kappa shape index (κ3) is 5.15. The van der Waals surface area contributed by atoms with Crippen LogP contribution in [0.25, 0.3) is 20.8 Å². The highest BCUT2D eigenvalue weighted by Crippen LogP contribution is 2.38. The molecule has 37 heavy (non-hydrogen) atoms. The second kappa shape index (κ2) is 9.94. The van der Waals surface area contributed by atoms with E-state index in [0.29, 0.717) is 17.8 Å². The fourth-order valence-electron chi connectivity index (χ4n) is 5.00. The van der Waals surface area contributed by atoms with Gasteiger partial charge in [0.2, 0.25) is 5.95 Å². The van der Waals surface area contributed by atoms with E-state index in [0.717, 1.165) is 51.4 Å². The second-order valence-electron chi connectivity index (χ2n) is 9.58. The first-order valence-electron chi connectivity index (χ1n) is 12.3. The number of nitrogens with one attached hydrogen (secondary N) is 1. The molecule has 0 bridgehead atoms. The Morgan fingerprint density at radius 1 is 1.16 bits per heavy atom. The average molecular weight is 541 g/mol. The van der Waals surface area contributed by atoms with Crippen molar-refractivity contribution in [2.75, 3.05) is 16.8 Å². The molecule has 1 aliphatic rings. The topological polar surface area (TPSA) is 124 Å². The summed E-state index contributed by atoms with van der Waals surface area (Å²) in [5, 5.41) is 4.30. The van der Waals surface area contributed by atoms with Crippen LogP contribution in [0.5, 0.6) is 0 Å². The Morgan fingerprint density at radius 3 is 2.73 bits per heavy atom. The Bertz CT molecular complexity index is 1590. The smallest absolute Gasteiger partial charge is 0.222 e. The Hall–Kier alpha value is -3.18. The molecule has 1 aliphatic carbocycles. The van der Waals surface area contributed by atoms with E-state index >= 15 is 0 Å². The van der Waals surface area contributed by atoms with Crippen molar-refractivity contribution in [1.29, 1.82) is 0 Å². The van der Waals surface area contributed by atoms with Crippen LogP contribution in [0.4, 0.5) is 16.2 Å². The molecule has 8 nitrogen and oxygen atoms in total. The van der Waals surface area contributed by atoms with Gasteiger partial charge in [0.25, 0.3) is 0 Å². The van der Waals surface area contributed by atoms with Crippen molar-refractivity contribution < 1.29 is 12.8 Å². The van der Waals surface area contributed by atoms with Crippen LogP contribution in [-0.4, -0.2) is 40.1 Å². The molecule has 194 valence electrons. The van der Waals surface area contributed by atoms with Crippen molar-refractivity contribution in [3.63, 3.8) is 0 Å².